The number of amides is 3. The van der Waals surface area contributed by atoms with Gasteiger partial charge in [-0.15, -0.1) is 0 Å². The minimum Gasteiger partial charge on any atom is -0.487 e. The van der Waals surface area contributed by atoms with E-state index in [1.165, 1.54) is 4.90 Å². The van der Waals surface area contributed by atoms with Crippen LogP contribution in [0.15, 0.2) is 42.5 Å². The summed E-state index contributed by atoms with van der Waals surface area (Å²) in [6.45, 7) is 3.26. The maximum absolute atomic E-state index is 12.6. The Labute approximate surface area is 180 Å². The summed E-state index contributed by atoms with van der Waals surface area (Å²) in [4.78, 5) is 40.6. The summed E-state index contributed by atoms with van der Waals surface area (Å²) in [5.74, 6) is 0.0735. The first-order chi connectivity index (χ1) is 14.4. The van der Waals surface area contributed by atoms with Crippen molar-refractivity contribution >= 4 is 29.3 Å². The molecule has 7 heteroatoms. The molecule has 1 atom stereocenters. The van der Waals surface area contributed by atoms with Crippen LogP contribution in [-0.4, -0.2) is 53.3 Å². The third-order valence-corrected chi connectivity index (χ3v) is 5.84. The molecular formula is C23H23ClN2O4. The number of carbonyl (C=O) groups excluding carboxylic acids is 3. The van der Waals surface area contributed by atoms with Crippen LogP contribution in [-0.2, 0) is 4.79 Å². The van der Waals surface area contributed by atoms with Crippen LogP contribution in [0.4, 0.5) is 0 Å². The van der Waals surface area contributed by atoms with Crippen LogP contribution in [0.5, 0.6) is 5.75 Å². The Balaban J connectivity index is 1.26. The minimum atomic E-state index is -0.281. The van der Waals surface area contributed by atoms with Crippen LogP contribution in [0.25, 0.3) is 0 Å². The number of para-hydroxylation sites is 1. The first kappa shape index (κ1) is 20.4. The number of rotatable bonds is 6. The second kappa shape index (κ2) is 8.48. The predicted octanol–water partition coefficient (Wildman–Crippen LogP) is 3.70. The van der Waals surface area contributed by atoms with Crippen LogP contribution in [0.3, 0.4) is 0 Å². The number of halogens is 1. The molecule has 2 aliphatic heterocycles. The predicted molar refractivity (Wildman–Crippen MR) is 113 cm³/mol. The number of likely N-dealkylation sites (tertiary alicyclic amines) is 1. The van der Waals surface area contributed by atoms with Gasteiger partial charge in [-0.3, -0.25) is 19.3 Å². The number of aryl methyl sites for hydroxylation is 1. The molecule has 0 aliphatic carbocycles. The standard InChI is InChI=1S/C23H23ClN2O4/c1-15-8-9-17-18(13-15)23(29)26(22(17)28)11-4-7-21(27)25-12-10-16(14-25)30-20-6-3-2-5-19(20)24/h2-3,5-6,8-9,13,16H,4,7,10-12,14H2,1H3/t16-/m0/s1. The summed E-state index contributed by atoms with van der Waals surface area (Å²) in [6, 6.07) is 12.6. The zero-order valence-electron chi connectivity index (χ0n) is 16.8. The number of hydrogen-bond acceptors (Lipinski definition) is 4. The smallest absolute Gasteiger partial charge is 0.261 e. The molecule has 6 nitrogen and oxygen atoms in total. The van der Waals surface area contributed by atoms with Crippen molar-refractivity contribution in [3.05, 3.63) is 64.2 Å². The lowest BCUT2D eigenvalue weighted by molar-refractivity contribution is -0.130. The van der Waals surface area contributed by atoms with Crippen LogP contribution < -0.4 is 4.74 Å². The Bertz CT molecular complexity index is 1010. The molecule has 2 aliphatic rings. The van der Waals surface area contributed by atoms with Crippen LogP contribution >= 0.6 is 11.6 Å². The molecule has 1 fully saturated rings. The molecule has 2 heterocycles. The van der Waals surface area contributed by atoms with Gasteiger partial charge >= 0.3 is 0 Å². The fraction of sp³-hybridized carbons (Fsp3) is 0.348. The van der Waals surface area contributed by atoms with Gasteiger partial charge in [0.2, 0.25) is 5.91 Å². The molecule has 0 saturated carbocycles. The van der Waals surface area contributed by atoms with E-state index in [0.29, 0.717) is 41.4 Å². The van der Waals surface area contributed by atoms with E-state index >= 15 is 0 Å². The minimum absolute atomic E-state index is 0.00714. The third kappa shape index (κ3) is 4.05. The normalized spacial score (nSPS) is 18.1. The second-order valence-corrected chi connectivity index (χ2v) is 8.12. The number of benzene rings is 2. The summed E-state index contributed by atoms with van der Waals surface area (Å²) >= 11 is 6.13. The van der Waals surface area contributed by atoms with Gasteiger partial charge in [0.1, 0.15) is 11.9 Å². The Morgan fingerprint density at radius 1 is 1.13 bits per heavy atom. The highest BCUT2D eigenvalue weighted by Crippen LogP contribution is 2.27. The molecule has 1 saturated heterocycles. The number of imide groups is 1. The molecule has 4 rings (SSSR count). The lowest BCUT2D eigenvalue weighted by atomic mass is 10.1. The molecule has 3 amide bonds. The summed E-state index contributed by atoms with van der Waals surface area (Å²) < 4.78 is 5.92. The van der Waals surface area contributed by atoms with E-state index in [2.05, 4.69) is 0 Å². The Morgan fingerprint density at radius 2 is 1.90 bits per heavy atom. The van der Waals surface area contributed by atoms with Crippen molar-refractivity contribution in [1.29, 1.82) is 0 Å². The van der Waals surface area contributed by atoms with Gasteiger partial charge in [0.05, 0.1) is 22.7 Å². The van der Waals surface area contributed by atoms with Crippen molar-refractivity contribution in [2.24, 2.45) is 0 Å². The van der Waals surface area contributed by atoms with E-state index in [9.17, 15) is 14.4 Å². The molecule has 2 aromatic carbocycles. The zero-order valence-corrected chi connectivity index (χ0v) is 17.5. The number of ether oxygens (including phenoxy) is 1. The topological polar surface area (TPSA) is 66.9 Å². The lowest BCUT2D eigenvalue weighted by Gasteiger charge is -2.19. The van der Waals surface area contributed by atoms with E-state index in [0.717, 1.165) is 12.0 Å². The molecule has 0 spiro atoms. The quantitative estimate of drug-likeness (QED) is 0.660. The van der Waals surface area contributed by atoms with Crippen molar-refractivity contribution < 1.29 is 19.1 Å². The Hall–Kier alpha value is -2.86. The van der Waals surface area contributed by atoms with Gasteiger partial charge in [-0.2, -0.15) is 0 Å². The van der Waals surface area contributed by atoms with Crippen molar-refractivity contribution in [3.8, 4) is 5.75 Å². The number of hydrogen-bond donors (Lipinski definition) is 0. The average molecular weight is 427 g/mol. The number of fused-ring (bicyclic) bond motifs is 1. The molecule has 0 radical (unpaired) electrons. The van der Waals surface area contributed by atoms with E-state index < -0.39 is 0 Å². The maximum Gasteiger partial charge on any atom is 0.261 e. The van der Waals surface area contributed by atoms with Gasteiger partial charge in [-0.1, -0.05) is 35.4 Å². The molecule has 156 valence electrons. The fourth-order valence-electron chi connectivity index (χ4n) is 3.92. The lowest BCUT2D eigenvalue weighted by Crippen LogP contribution is -2.33. The van der Waals surface area contributed by atoms with Gasteiger partial charge in [0.15, 0.2) is 0 Å². The van der Waals surface area contributed by atoms with E-state index in [1.807, 2.05) is 31.2 Å². The molecule has 30 heavy (non-hydrogen) atoms. The first-order valence-electron chi connectivity index (χ1n) is 10.1. The molecule has 0 aromatic heterocycles. The highest BCUT2D eigenvalue weighted by Gasteiger charge is 2.35. The maximum atomic E-state index is 12.6. The summed E-state index contributed by atoms with van der Waals surface area (Å²) in [5, 5.41) is 0.554. The molecule has 0 bridgehead atoms. The summed E-state index contributed by atoms with van der Waals surface area (Å²) in [6.07, 6.45) is 1.38. The number of carbonyl (C=O) groups is 3. The monoisotopic (exact) mass is 426 g/mol. The van der Waals surface area contributed by atoms with Crippen molar-refractivity contribution in [2.45, 2.75) is 32.3 Å². The highest BCUT2D eigenvalue weighted by molar-refractivity contribution is 6.32. The van der Waals surface area contributed by atoms with Crippen LogP contribution in [0, 0.1) is 6.92 Å². The van der Waals surface area contributed by atoms with Crippen molar-refractivity contribution in [2.75, 3.05) is 19.6 Å². The molecule has 0 unspecified atom stereocenters. The van der Waals surface area contributed by atoms with Gasteiger partial charge < -0.3 is 9.64 Å². The van der Waals surface area contributed by atoms with E-state index in [-0.39, 0.29) is 36.8 Å². The zero-order chi connectivity index (χ0) is 21.3. The average Bonchev–Trinajstić information content (AvgIpc) is 3.28. The van der Waals surface area contributed by atoms with Crippen molar-refractivity contribution in [1.82, 2.24) is 9.80 Å². The van der Waals surface area contributed by atoms with E-state index in [4.69, 9.17) is 16.3 Å². The van der Waals surface area contributed by atoms with Crippen LogP contribution in [0.1, 0.15) is 45.5 Å². The summed E-state index contributed by atoms with van der Waals surface area (Å²) in [5.41, 5.74) is 1.83. The Morgan fingerprint density at radius 3 is 2.70 bits per heavy atom. The van der Waals surface area contributed by atoms with Crippen LogP contribution in [0.2, 0.25) is 5.02 Å². The highest BCUT2D eigenvalue weighted by atomic mass is 35.5. The fourth-order valence-corrected chi connectivity index (χ4v) is 4.11. The second-order valence-electron chi connectivity index (χ2n) is 7.71. The SMILES string of the molecule is Cc1ccc2c(c1)C(=O)N(CCCC(=O)N1CC[C@H](Oc3ccccc3Cl)C1)C2=O. The van der Waals surface area contributed by atoms with Gasteiger partial charge in [-0.05, 0) is 37.6 Å². The van der Waals surface area contributed by atoms with Gasteiger partial charge in [0, 0.05) is 25.9 Å². The first-order valence-corrected chi connectivity index (χ1v) is 10.5. The molecular weight excluding hydrogens is 404 g/mol. The largest absolute Gasteiger partial charge is 0.487 e. The summed E-state index contributed by atoms with van der Waals surface area (Å²) in [7, 11) is 0. The van der Waals surface area contributed by atoms with Crippen molar-refractivity contribution in [3.63, 3.8) is 0 Å². The third-order valence-electron chi connectivity index (χ3n) is 5.53. The Kier molecular flexibility index (Phi) is 5.77. The number of nitrogens with zero attached hydrogens (tertiary/aromatic N) is 2. The van der Waals surface area contributed by atoms with Gasteiger partial charge in [-0.25, -0.2) is 0 Å². The molecule has 2 aromatic rings. The molecule has 0 N–H and O–H groups in total. The van der Waals surface area contributed by atoms with E-state index in [1.54, 1.807) is 23.1 Å². The van der Waals surface area contributed by atoms with Gasteiger partial charge in [0.25, 0.3) is 11.8 Å².